The second-order valence-corrected chi connectivity index (χ2v) is 9.03. The van der Waals surface area contributed by atoms with Crippen LogP contribution in [0.2, 0.25) is 10.0 Å². The second-order valence-electron chi connectivity index (χ2n) is 8.16. The summed E-state index contributed by atoms with van der Waals surface area (Å²) < 4.78 is 5.86. The summed E-state index contributed by atoms with van der Waals surface area (Å²) >= 11 is 12.2. The van der Waals surface area contributed by atoms with E-state index in [1.54, 1.807) is 73.1 Å². The predicted octanol–water partition coefficient (Wildman–Crippen LogP) is 7.14. The first-order valence-electron chi connectivity index (χ1n) is 11.3. The van der Waals surface area contributed by atoms with Crippen LogP contribution in [0.25, 0.3) is 22.2 Å². The maximum atomic E-state index is 13.6. The number of hydrogen-bond acceptors (Lipinski definition) is 5. The Bertz CT molecular complexity index is 1570. The number of nitrogens with one attached hydrogen (secondary N) is 1. The van der Waals surface area contributed by atoms with Crippen molar-refractivity contribution in [1.82, 2.24) is 9.97 Å². The molecule has 2 heterocycles. The molecule has 0 aliphatic rings. The summed E-state index contributed by atoms with van der Waals surface area (Å²) in [5.74, 6) is -1.22. The van der Waals surface area contributed by atoms with E-state index in [-0.39, 0.29) is 5.56 Å². The van der Waals surface area contributed by atoms with Crippen molar-refractivity contribution >= 4 is 51.7 Å². The Morgan fingerprint density at radius 3 is 2.30 bits per heavy atom. The molecule has 6 nitrogen and oxygen atoms in total. The first kappa shape index (κ1) is 24.4. The summed E-state index contributed by atoms with van der Waals surface area (Å²) in [6, 6.07) is 26.0. The predicted molar refractivity (Wildman–Crippen MR) is 145 cm³/mol. The number of rotatable bonds is 6. The van der Waals surface area contributed by atoms with Crippen LogP contribution in [-0.4, -0.2) is 21.8 Å². The Morgan fingerprint density at radius 1 is 0.838 bits per heavy atom. The minimum atomic E-state index is -1.24. The molecule has 1 unspecified atom stereocenters. The van der Waals surface area contributed by atoms with Gasteiger partial charge in [-0.05, 0) is 42.5 Å². The zero-order valence-corrected chi connectivity index (χ0v) is 20.8. The lowest BCUT2D eigenvalue weighted by Crippen LogP contribution is -2.26. The van der Waals surface area contributed by atoms with Crippen LogP contribution in [0.4, 0.5) is 5.69 Å². The molecule has 0 saturated heterocycles. The highest BCUT2D eigenvalue weighted by molar-refractivity contribution is 6.35. The SMILES string of the molecule is O=C(OC(C(=O)Nc1cc(Cl)cc(Cl)c1)c1ccccc1)c1cc(-c2cccnc2)nc2ccccc12. The molecule has 1 N–H and O–H groups in total. The van der Waals surface area contributed by atoms with Gasteiger partial charge in [0.15, 0.2) is 0 Å². The van der Waals surface area contributed by atoms with E-state index in [9.17, 15) is 9.59 Å². The molecule has 5 aromatic rings. The molecule has 37 heavy (non-hydrogen) atoms. The monoisotopic (exact) mass is 527 g/mol. The molecule has 0 aliphatic heterocycles. The normalized spacial score (nSPS) is 11.6. The number of amides is 1. The molecule has 8 heteroatoms. The van der Waals surface area contributed by atoms with Crippen molar-refractivity contribution in [3.05, 3.63) is 125 Å². The van der Waals surface area contributed by atoms with Gasteiger partial charge in [0.1, 0.15) is 0 Å². The first-order chi connectivity index (χ1) is 18.0. The van der Waals surface area contributed by atoms with Crippen molar-refractivity contribution in [2.45, 2.75) is 6.10 Å². The van der Waals surface area contributed by atoms with Crippen LogP contribution in [0.1, 0.15) is 22.0 Å². The van der Waals surface area contributed by atoms with E-state index in [4.69, 9.17) is 27.9 Å². The molecule has 1 amide bonds. The summed E-state index contributed by atoms with van der Waals surface area (Å²) in [5.41, 5.74) is 3.10. The second kappa shape index (κ2) is 10.8. The smallest absolute Gasteiger partial charge is 0.340 e. The topological polar surface area (TPSA) is 81.2 Å². The van der Waals surface area contributed by atoms with Crippen LogP contribution in [0.5, 0.6) is 0 Å². The number of carbonyl (C=O) groups is 2. The van der Waals surface area contributed by atoms with Crippen molar-refractivity contribution in [1.29, 1.82) is 0 Å². The average molecular weight is 528 g/mol. The molecular weight excluding hydrogens is 509 g/mol. The van der Waals surface area contributed by atoms with Crippen LogP contribution in [0.15, 0.2) is 103 Å². The van der Waals surface area contributed by atoms with E-state index in [0.29, 0.717) is 37.9 Å². The fourth-order valence-corrected chi connectivity index (χ4v) is 4.44. The van der Waals surface area contributed by atoms with Gasteiger partial charge in [-0.25, -0.2) is 9.78 Å². The lowest BCUT2D eigenvalue weighted by atomic mass is 10.0. The molecule has 0 spiro atoms. The van der Waals surface area contributed by atoms with Gasteiger partial charge in [-0.3, -0.25) is 9.78 Å². The van der Waals surface area contributed by atoms with Crippen molar-refractivity contribution in [2.75, 3.05) is 5.32 Å². The van der Waals surface area contributed by atoms with Crippen molar-refractivity contribution < 1.29 is 14.3 Å². The Kier molecular flexibility index (Phi) is 7.12. The van der Waals surface area contributed by atoms with E-state index in [1.165, 1.54) is 0 Å². The molecule has 5 rings (SSSR count). The average Bonchev–Trinajstić information content (AvgIpc) is 2.91. The van der Waals surface area contributed by atoms with Gasteiger partial charge in [0, 0.05) is 44.6 Å². The fourth-order valence-electron chi connectivity index (χ4n) is 3.91. The first-order valence-corrected chi connectivity index (χ1v) is 12.1. The fraction of sp³-hybridized carbons (Fsp3) is 0.0345. The molecule has 182 valence electrons. The number of nitrogens with zero attached hydrogens (tertiary/aromatic N) is 2. The highest BCUT2D eigenvalue weighted by Gasteiger charge is 2.27. The number of anilines is 1. The summed E-state index contributed by atoms with van der Waals surface area (Å²) in [6.45, 7) is 0. The number of hydrogen-bond donors (Lipinski definition) is 1. The lowest BCUT2D eigenvalue weighted by molar-refractivity contribution is -0.125. The third kappa shape index (κ3) is 5.61. The largest absolute Gasteiger partial charge is 0.444 e. The minimum Gasteiger partial charge on any atom is -0.444 e. The molecule has 2 aromatic heterocycles. The number of carbonyl (C=O) groups excluding carboxylic acids is 2. The maximum absolute atomic E-state index is 13.6. The van der Waals surface area contributed by atoms with Crippen LogP contribution >= 0.6 is 23.2 Å². The number of esters is 1. The van der Waals surface area contributed by atoms with Gasteiger partial charge >= 0.3 is 5.97 Å². The lowest BCUT2D eigenvalue weighted by Gasteiger charge is -2.19. The Morgan fingerprint density at radius 2 is 1.57 bits per heavy atom. The number of aromatic nitrogens is 2. The molecule has 3 aromatic carbocycles. The van der Waals surface area contributed by atoms with E-state index in [1.807, 2.05) is 30.3 Å². The zero-order chi connectivity index (χ0) is 25.8. The van der Waals surface area contributed by atoms with Gasteiger partial charge in [0.05, 0.1) is 16.8 Å². The summed E-state index contributed by atoms with van der Waals surface area (Å²) in [5, 5.41) is 4.08. The number of pyridine rings is 2. The van der Waals surface area contributed by atoms with E-state index in [2.05, 4.69) is 15.3 Å². The maximum Gasteiger partial charge on any atom is 0.340 e. The Labute approximate surface area is 222 Å². The molecule has 1 atom stereocenters. The number of para-hydroxylation sites is 1. The molecular formula is C29H19Cl2N3O3. The summed E-state index contributed by atoms with van der Waals surface area (Å²) in [6.07, 6.45) is 2.10. The third-order valence-corrected chi connectivity index (χ3v) is 6.03. The molecule has 0 fully saturated rings. The van der Waals surface area contributed by atoms with Gasteiger partial charge in [0.25, 0.3) is 5.91 Å². The number of ether oxygens (including phenoxy) is 1. The highest BCUT2D eigenvalue weighted by Crippen LogP contribution is 2.29. The van der Waals surface area contributed by atoms with Crippen molar-refractivity contribution in [3.63, 3.8) is 0 Å². The number of benzene rings is 3. The standard InChI is InChI=1S/C29H19Cl2N3O3/c30-20-13-21(31)15-22(14-20)33-28(35)27(18-7-2-1-3-8-18)37-29(36)24-16-26(19-9-6-12-32-17-19)34-25-11-5-4-10-23(24)25/h1-17,27H,(H,33,35). The summed E-state index contributed by atoms with van der Waals surface area (Å²) in [7, 11) is 0. The van der Waals surface area contributed by atoms with Crippen LogP contribution in [0, 0.1) is 0 Å². The van der Waals surface area contributed by atoms with Crippen LogP contribution in [0.3, 0.4) is 0 Å². The van der Waals surface area contributed by atoms with Gasteiger partial charge in [-0.1, -0.05) is 71.7 Å². The summed E-state index contributed by atoms with van der Waals surface area (Å²) in [4.78, 5) is 35.8. The minimum absolute atomic E-state index is 0.281. The van der Waals surface area contributed by atoms with Crippen molar-refractivity contribution in [2.24, 2.45) is 0 Å². The quantitative estimate of drug-likeness (QED) is 0.237. The van der Waals surface area contributed by atoms with E-state index in [0.717, 1.165) is 5.56 Å². The molecule has 0 bridgehead atoms. The van der Waals surface area contributed by atoms with Gasteiger partial charge < -0.3 is 10.1 Å². The third-order valence-electron chi connectivity index (χ3n) is 5.59. The number of halogens is 2. The Hall–Kier alpha value is -4.26. The highest BCUT2D eigenvalue weighted by atomic mass is 35.5. The molecule has 0 saturated carbocycles. The zero-order valence-electron chi connectivity index (χ0n) is 19.3. The van der Waals surface area contributed by atoms with Gasteiger partial charge in [-0.2, -0.15) is 0 Å². The van der Waals surface area contributed by atoms with Crippen LogP contribution in [-0.2, 0) is 9.53 Å². The van der Waals surface area contributed by atoms with E-state index < -0.39 is 18.0 Å². The molecule has 0 aliphatic carbocycles. The van der Waals surface area contributed by atoms with Crippen LogP contribution < -0.4 is 5.32 Å². The van der Waals surface area contributed by atoms with E-state index >= 15 is 0 Å². The van der Waals surface area contributed by atoms with Gasteiger partial charge in [-0.15, -0.1) is 0 Å². The number of fused-ring (bicyclic) bond motifs is 1. The Balaban J connectivity index is 1.52. The molecule has 0 radical (unpaired) electrons. The van der Waals surface area contributed by atoms with Crippen molar-refractivity contribution in [3.8, 4) is 11.3 Å². The van der Waals surface area contributed by atoms with Gasteiger partial charge in [0.2, 0.25) is 6.10 Å².